The average molecular weight is 432 g/mol. The molecule has 7 nitrogen and oxygen atoms in total. The van der Waals surface area contributed by atoms with Gasteiger partial charge < -0.3 is 23.5 Å². The summed E-state index contributed by atoms with van der Waals surface area (Å²) < 4.78 is 22.9. The molecule has 1 amide bonds. The molecule has 31 heavy (non-hydrogen) atoms. The van der Waals surface area contributed by atoms with Crippen molar-refractivity contribution in [3.8, 4) is 5.75 Å². The molecule has 0 saturated carbocycles. The van der Waals surface area contributed by atoms with Gasteiger partial charge in [-0.25, -0.2) is 9.59 Å². The molecule has 0 bridgehead atoms. The van der Waals surface area contributed by atoms with Gasteiger partial charge in [-0.15, -0.1) is 0 Å². The van der Waals surface area contributed by atoms with E-state index in [-0.39, 0.29) is 30.3 Å². The van der Waals surface area contributed by atoms with Crippen LogP contribution in [0.4, 0.5) is 4.79 Å². The zero-order chi connectivity index (χ0) is 22.9. The van der Waals surface area contributed by atoms with Gasteiger partial charge in [0.2, 0.25) is 0 Å². The second-order valence-electron chi connectivity index (χ2n) is 9.38. The molecule has 1 aliphatic rings. The summed E-state index contributed by atoms with van der Waals surface area (Å²) in [5.74, 6) is 0.721. The lowest BCUT2D eigenvalue weighted by atomic mass is 9.96. The third-order valence-electron chi connectivity index (χ3n) is 5.37. The Morgan fingerprint density at radius 2 is 1.94 bits per heavy atom. The van der Waals surface area contributed by atoms with Gasteiger partial charge in [0, 0.05) is 23.1 Å². The van der Waals surface area contributed by atoms with Crippen LogP contribution in [0.2, 0.25) is 0 Å². The largest absolute Gasteiger partial charge is 0.490 e. The summed E-state index contributed by atoms with van der Waals surface area (Å²) in [6.45, 7) is 14.9. The van der Waals surface area contributed by atoms with Crippen molar-refractivity contribution in [3.05, 3.63) is 39.2 Å². The van der Waals surface area contributed by atoms with E-state index in [4.69, 9.17) is 18.6 Å². The summed E-state index contributed by atoms with van der Waals surface area (Å²) in [6.07, 6.45) is -0.616. The van der Waals surface area contributed by atoms with Crippen LogP contribution >= 0.6 is 0 Å². The maximum absolute atomic E-state index is 12.5. The predicted molar refractivity (Wildman–Crippen MR) is 119 cm³/mol. The van der Waals surface area contributed by atoms with Gasteiger partial charge in [-0.1, -0.05) is 13.8 Å². The third-order valence-corrected chi connectivity index (χ3v) is 5.37. The summed E-state index contributed by atoms with van der Waals surface area (Å²) in [6, 6.07) is 3.82. The highest BCUT2D eigenvalue weighted by molar-refractivity contribution is 5.85. The maximum Gasteiger partial charge on any atom is 0.410 e. The molecule has 1 fully saturated rings. The second kappa shape index (κ2) is 8.91. The zero-order valence-corrected chi connectivity index (χ0v) is 19.5. The summed E-state index contributed by atoms with van der Waals surface area (Å²) >= 11 is 0. The van der Waals surface area contributed by atoms with Gasteiger partial charge in [-0.2, -0.15) is 0 Å². The van der Waals surface area contributed by atoms with Gasteiger partial charge >= 0.3 is 11.7 Å². The van der Waals surface area contributed by atoms with Crippen molar-refractivity contribution in [2.24, 2.45) is 0 Å². The molecule has 0 N–H and O–H groups in total. The summed E-state index contributed by atoms with van der Waals surface area (Å²) in [5.41, 5.74) is 2.13. The van der Waals surface area contributed by atoms with Crippen molar-refractivity contribution in [3.63, 3.8) is 0 Å². The number of ether oxygens (including phenoxy) is 3. The Balaban J connectivity index is 1.74. The van der Waals surface area contributed by atoms with Gasteiger partial charge in [0.15, 0.2) is 0 Å². The number of carbonyl (C=O) groups is 1. The fourth-order valence-corrected chi connectivity index (χ4v) is 3.87. The van der Waals surface area contributed by atoms with E-state index in [1.54, 1.807) is 4.90 Å². The molecule has 3 rings (SSSR count). The quantitative estimate of drug-likeness (QED) is 0.661. The SMILES string of the molecule is Cc1c(C(C)C)c(=O)oc2c(C)c(OCC3CN(C(=O)OC(C)(C)C)CCO3)ccc12. The molecule has 0 aliphatic carbocycles. The lowest BCUT2D eigenvalue weighted by molar-refractivity contribution is -0.0557. The Labute approximate surface area is 183 Å². The van der Waals surface area contributed by atoms with E-state index < -0.39 is 5.60 Å². The summed E-state index contributed by atoms with van der Waals surface area (Å²) in [4.78, 5) is 26.5. The molecule has 1 saturated heterocycles. The minimum absolute atomic E-state index is 0.0910. The van der Waals surface area contributed by atoms with E-state index in [1.165, 1.54) is 0 Å². The first-order valence-electron chi connectivity index (χ1n) is 10.8. The Kier molecular flexibility index (Phi) is 6.65. The fraction of sp³-hybridized carbons (Fsp3) is 0.583. The van der Waals surface area contributed by atoms with Crippen LogP contribution < -0.4 is 10.4 Å². The number of morpholine rings is 1. The van der Waals surface area contributed by atoms with Crippen molar-refractivity contribution >= 4 is 17.1 Å². The van der Waals surface area contributed by atoms with E-state index in [1.807, 2.05) is 60.6 Å². The van der Waals surface area contributed by atoms with E-state index in [0.717, 1.165) is 16.5 Å². The van der Waals surface area contributed by atoms with Gasteiger partial charge in [-0.3, -0.25) is 0 Å². The van der Waals surface area contributed by atoms with Crippen LogP contribution in [0.3, 0.4) is 0 Å². The first kappa shape index (κ1) is 23.1. The van der Waals surface area contributed by atoms with Crippen LogP contribution in [0.25, 0.3) is 11.0 Å². The smallest absolute Gasteiger partial charge is 0.410 e. The normalized spacial score (nSPS) is 17.3. The standard InChI is InChI=1S/C24H33NO6/c1-14(2)20-15(3)18-8-9-19(16(4)21(18)30-22(20)26)29-13-17-12-25(10-11-28-17)23(27)31-24(5,6)7/h8-9,14,17H,10-13H2,1-7H3. The average Bonchev–Trinajstić information content (AvgIpc) is 2.66. The van der Waals surface area contributed by atoms with E-state index in [9.17, 15) is 9.59 Å². The number of hydrogen-bond donors (Lipinski definition) is 0. The summed E-state index contributed by atoms with van der Waals surface area (Å²) in [5, 5.41) is 0.915. The number of fused-ring (bicyclic) bond motifs is 1. The first-order chi connectivity index (χ1) is 14.5. The Bertz CT molecular complexity index is 1020. The first-order valence-corrected chi connectivity index (χ1v) is 10.8. The summed E-state index contributed by atoms with van der Waals surface area (Å²) in [7, 11) is 0. The zero-order valence-electron chi connectivity index (χ0n) is 19.5. The Morgan fingerprint density at radius 1 is 1.23 bits per heavy atom. The number of nitrogens with zero attached hydrogens (tertiary/aromatic N) is 1. The number of hydrogen-bond acceptors (Lipinski definition) is 6. The molecular formula is C24H33NO6. The highest BCUT2D eigenvalue weighted by Crippen LogP contribution is 2.31. The van der Waals surface area contributed by atoms with E-state index in [0.29, 0.717) is 36.6 Å². The molecule has 1 unspecified atom stereocenters. The Hall–Kier alpha value is -2.54. The lowest BCUT2D eigenvalue weighted by Gasteiger charge is -2.34. The highest BCUT2D eigenvalue weighted by Gasteiger charge is 2.28. The predicted octanol–water partition coefficient (Wildman–Crippen LogP) is 4.55. The molecule has 0 spiro atoms. The van der Waals surface area contributed by atoms with Crippen LogP contribution in [0.1, 0.15) is 57.2 Å². The molecule has 1 atom stereocenters. The van der Waals surface area contributed by atoms with Gasteiger partial charge in [0.05, 0.1) is 13.2 Å². The molecule has 2 heterocycles. The molecule has 0 radical (unpaired) electrons. The van der Waals surface area contributed by atoms with E-state index >= 15 is 0 Å². The number of amides is 1. The molecule has 170 valence electrons. The molecule has 1 aromatic carbocycles. The maximum atomic E-state index is 12.5. The lowest BCUT2D eigenvalue weighted by Crippen LogP contribution is -2.49. The number of carbonyl (C=O) groups excluding carboxylic acids is 1. The van der Waals surface area contributed by atoms with Crippen LogP contribution in [0.5, 0.6) is 5.75 Å². The number of aryl methyl sites for hydroxylation is 2. The monoisotopic (exact) mass is 431 g/mol. The van der Waals surface area contributed by atoms with Crippen LogP contribution in [0.15, 0.2) is 21.3 Å². The molecule has 2 aromatic rings. The van der Waals surface area contributed by atoms with Crippen molar-refractivity contribution in [2.45, 2.75) is 66.1 Å². The van der Waals surface area contributed by atoms with Crippen molar-refractivity contribution in [1.82, 2.24) is 4.90 Å². The molecule has 1 aliphatic heterocycles. The molecule has 7 heteroatoms. The van der Waals surface area contributed by atoms with Gasteiger partial charge in [0.25, 0.3) is 0 Å². The van der Waals surface area contributed by atoms with Crippen LogP contribution in [0, 0.1) is 13.8 Å². The minimum Gasteiger partial charge on any atom is -0.490 e. The number of benzene rings is 1. The second-order valence-corrected chi connectivity index (χ2v) is 9.38. The third kappa shape index (κ3) is 5.21. The van der Waals surface area contributed by atoms with Crippen LogP contribution in [-0.4, -0.2) is 49.0 Å². The molecule has 1 aromatic heterocycles. The highest BCUT2D eigenvalue weighted by atomic mass is 16.6. The van der Waals surface area contributed by atoms with Crippen molar-refractivity contribution < 1.29 is 23.4 Å². The number of rotatable bonds is 4. The van der Waals surface area contributed by atoms with Gasteiger partial charge in [0.1, 0.15) is 29.6 Å². The van der Waals surface area contributed by atoms with E-state index in [2.05, 4.69) is 0 Å². The van der Waals surface area contributed by atoms with Gasteiger partial charge in [-0.05, 0) is 58.2 Å². The van der Waals surface area contributed by atoms with Crippen LogP contribution in [-0.2, 0) is 9.47 Å². The van der Waals surface area contributed by atoms with Crippen molar-refractivity contribution in [2.75, 3.05) is 26.3 Å². The fourth-order valence-electron chi connectivity index (χ4n) is 3.87. The van der Waals surface area contributed by atoms with Crippen molar-refractivity contribution in [1.29, 1.82) is 0 Å². The minimum atomic E-state index is -0.541. The molecular weight excluding hydrogens is 398 g/mol. The Morgan fingerprint density at radius 3 is 2.58 bits per heavy atom. The topological polar surface area (TPSA) is 78.2 Å².